The summed E-state index contributed by atoms with van der Waals surface area (Å²) in [6.45, 7) is 2.01. The van der Waals surface area contributed by atoms with E-state index >= 15 is 0 Å². The highest BCUT2D eigenvalue weighted by Gasteiger charge is 2.12. The normalized spacial score (nSPS) is 13.0. The van der Waals surface area contributed by atoms with E-state index in [1.54, 1.807) is 0 Å². The Hall–Kier alpha value is -2.27. The molecule has 0 aromatic heterocycles. The van der Waals surface area contributed by atoms with E-state index in [0.717, 1.165) is 36.9 Å². The summed E-state index contributed by atoms with van der Waals surface area (Å²) < 4.78 is 26.1. The van der Waals surface area contributed by atoms with Gasteiger partial charge in [-0.25, -0.2) is 8.78 Å². The first-order chi connectivity index (χ1) is 10.1. The number of rotatable bonds is 3. The Morgan fingerprint density at radius 1 is 1.05 bits per heavy atom. The van der Waals surface area contributed by atoms with Gasteiger partial charge in [-0.15, -0.1) is 0 Å². The smallest absolute Gasteiger partial charge is 0.251 e. The molecule has 0 saturated carbocycles. The zero-order valence-electron chi connectivity index (χ0n) is 11.2. The molecule has 0 radical (unpaired) electrons. The molecular formula is C16H14F2N2O. The first-order valence-electron chi connectivity index (χ1n) is 6.67. The van der Waals surface area contributed by atoms with Crippen LogP contribution in [0.25, 0.3) is 0 Å². The largest absolute Gasteiger partial charge is 0.348 e. The Morgan fingerprint density at radius 2 is 1.76 bits per heavy atom. The molecule has 1 heterocycles. The molecule has 1 amide bonds. The van der Waals surface area contributed by atoms with E-state index in [1.807, 2.05) is 18.2 Å². The minimum Gasteiger partial charge on any atom is -0.348 e. The van der Waals surface area contributed by atoms with Gasteiger partial charge in [0.05, 0.1) is 0 Å². The minimum atomic E-state index is -0.760. The van der Waals surface area contributed by atoms with Crippen molar-refractivity contribution in [2.45, 2.75) is 19.6 Å². The van der Waals surface area contributed by atoms with Crippen molar-refractivity contribution in [1.82, 2.24) is 10.6 Å². The Balaban J connectivity index is 1.68. The molecule has 3 rings (SSSR count). The maximum absolute atomic E-state index is 13.1. The van der Waals surface area contributed by atoms with Gasteiger partial charge >= 0.3 is 0 Å². The Labute approximate surface area is 121 Å². The molecular weight excluding hydrogens is 274 g/mol. The highest BCUT2D eigenvalue weighted by molar-refractivity contribution is 5.94. The molecule has 1 aliphatic heterocycles. The SMILES string of the molecule is O=C(NCc1ccc2c(c1)CNC2)c1cc(F)cc(F)c1. The van der Waals surface area contributed by atoms with Gasteiger partial charge in [0.2, 0.25) is 0 Å². The van der Waals surface area contributed by atoms with Crippen molar-refractivity contribution in [3.8, 4) is 0 Å². The van der Waals surface area contributed by atoms with Crippen molar-refractivity contribution in [3.05, 3.63) is 70.3 Å². The molecule has 0 aliphatic carbocycles. The van der Waals surface area contributed by atoms with Gasteiger partial charge in [-0.1, -0.05) is 18.2 Å². The van der Waals surface area contributed by atoms with Crippen LogP contribution in [0.2, 0.25) is 0 Å². The van der Waals surface area contributed by atoms with E-state index in [-0.39, 0.29) is 5.56 Å². The minimum absolute atomic E-state index is 0.0182. The second-order valence-corrected chi connectivity index (χ2v) is 5.05. The molecule has 2 aromatic carbocycles. The van der Waals surface area contributed by atoms with Crippen molar-refractivity contribution in [2.24, 2.45) is 0 Å². The summed E-state index contributed by atoms with van der Waals surface area (Å²) in [7, 11) is 0. The third-order valence-electron chi connectivity index (χ3n) is 3.48. The lowest BCUT2D eigenvalue weighted by molar-refractivity contribution is 0.0950. The molecule has 21 heavy (non-hydrogen) atoms. The topological polar surface area (TPSA) is 41.1 Å². The average Bonchev–Trinajstić information content (AvgIpc) is 2.91. The number of halogens is 2. The third kappa shape index (κ3) is 3.08. The van der Waals surface area contributed by atoms with Crippen LogP contribution in [0.4, 0.5) is 8.78 Å². The first kappa shape index (κ1) is 13.7. The summed E-state index contributed by atoms with van der Waals surface area (Å²) in [5.74, 6) is -2.01. The number of hydrogen-bond acceptors (Lipinski definition) is 2. The lowest BCUT2D eigenvalue weighted by Gasteiger charge is -2.07. The van der Waals surface area contributed by atoms with Crippen LogP contribution in [-0.4, -0.2) is 5.91 Å². The highest BCUT2D eigenvalue weighted by Crippen LogP contribution is 2.17. The zero-order valence-corrected chi connectivity index (χ0v) is 11.2. The third-order valence-corrected chi connectivity index (χ3v) is 3.48. The summed E-state index contributed by atoms with van der Waals surface area (Å²) in [6, 6.07) is 8.78. The van der Waals surface area contributed by atoms with Gasteiger partial charge in [0.25, 0.3) is 5.91 Å². The summed E-state index contributed by atoms with van der Waals surface area (Å²) in [5, 5.41) is 5.92. The molecule has 0 fully saturated rings. The molecule has 0 spiro atoms. The van der Waals surface area contributed by atoms with Crippen LogP contribution in [0.5, 0.6) is 0 Å². The van der Waals surface area contributed by atoms with Crippen molar-refractivity contribution in [1.29, 1.82) is 0 Å². The number of hydrogen-bond donors (Lipinski definition) is 2. The fourth-order valence-electron chi connectivity index (χ4n) is 2.43. The predicted octanol–water partition coefficient (Wildman–Crippen LogP) is 2.50. The standard InChI is InChI=1S/C16H14F2N2O/c17-14-4-12(5-15(18)6-14)16(21)20-7-10-1-2-11-8-19-9-13(11)3-10/h1-6,19H,7-9H2,(H,20,21). The van der Waals surface area contributed by atoms with Gasteiger partial charge in [0, 0.05) is 31.3 Å². The summed E-state index contributed by atoms with van der Waals surface area (Å²) in [4.78, 5) is 11.9. The van der Waals surface area contributed by atoms with Gasteiger partial charge in [0.1, 0.15) is 11.6 Å². The van der Waals surface area contributed by atoms with Crippen LogP contribution in [0.15, 0.2) is 36.4 Å². The van der Waals surface area contributed by atoms with Gasteiger partial charge in [0.15, 0.2) is 0 Å². The van der Waals surface area contributed by atoms with E-state index in [9.17, 15) is 13.6 Å². The van der Waals surface area contributed by atoms with Crippen LogP contribution < -0.4 is 10.6 Å². The fourth-order valence-corrected chi connectivity index (χ4v) is 2.43. The number of carbonyl (C=O) groups excluding carboxylic acids is 1. The number of benzene rings is 2. The lowest BCUT2D eigenvalue weighted by atomic mass is 10.1. The molecule has 0 bridgehead atoms. The Kier molecular flexibility index (Phi) is 3.66. The molecule has 2 N–H and O–H groups in total. The maximum Gasteiger partial charge on any atom is 0.251 e. The summed E-state index contributed by atoms with van der Waals surface area (Å²) in [5.41, 5.74) is 3.42. The van der Waals surface area contributed by atoms with E-state index in [0.29, 0.717) is 6.54 Å². The van der Waals surface area contributed by atoms with Crippen molar-refractivity contribution in [2.75, 3.05) is 0 Å². The van der Waals surface area contributed by atoms with Crippen molar-refractivity contribution in [3.63, 3.8) is 0 Å². The van der Waals surface area contributed by atoms with Gasteiger partial charge in [-0.3, -0.25) is 4.79 Å². The van der Waals surface area contributed by atoms with E-state index in [2.05, 4.69) is 10.6 Å². The molecule has 0 unspecified atom stereocenters. The van der Waals surface area contributed by atoms with E-state index < -0.39 is 17.5 Å². The Morgan fingerprint density at radius 3 is 2.52 bits per heavy atom. The van der Waals surface area contributed by atoms with E-state index in [1.165, 1.54) is 11.1 Å². The van der Waals surface area contributed by atoms with Crippen molar-refractivity contribution >= 4 is 5.91 Å². The molecule has 1 aliphatic rings. The van der Waals surface area contributed by atoms with Crippen molar-refractivity contribution < 1.29 is 13.6 Å². The van der Waals surface area contributed by atoms with Crippen LogP contribution in [0.1, 0.15) is 27.0 Å². The monoisotopic (exact) mass is 288 g/mol. The lowest BCUT2D eigenvalue weighted by Crippen LogP contribution is -2.23. The second-order valence-electron chi connectivity index (χ2n) is 5.05. The van der Waals surface area contributed by atoms with Crippen LogP contribution >= 0.6 is 0 Å². The summed E-state index contributed by atoms with van der Waals surface area (Å²) in [6.07, 6.45) is 0. The number of amides is 1. The molecule has 108 valence electrons. The Bertz CT molecular complexity index is 680. The maximum atomic E-state index is 13.1. The quantitative estimate of drug-likeness (QED) is 0.911. The number of nitrogens with one attached hydrogen (secondary N) is 2. The molecule has 0 atom stereocenters. The summed E-state index contributed by atoms with van der Waals surface area (Å²) >= 11 is 0. The van der Waals surface area contributed by atoms with E-state index in [4.69, 9.17) is 0 Å². The number of fused-ring (bicyclic) bond motifs is 1. The van der Waals surface area contributed by atoms with Gasteiger partial charge < -0.3 is 10.6 Å². The zero-order chi connectivity index (χ0) is 14.8. The first-order valence-corrected chi connectivity index (χ1v) is 6.67. The fraction of sp³-hybridized carbons (Fsp3) is 0.188. The molecule has 3 nitrogen and oxygen atoms in total. The highest BCUT2D eigenvalue weighted by atomic mass is 19.1. The molecule has 5 heteroatoms. The second kappa shape index (κ2) is 5.61. The average molecular weight is 288 g/mol. The number of carbonyl (C=O) groups is 1. The van der Waals surface area contributed by atoms with Gasteiger partial charge in [-0.2, -0.15) is 0 Å². The predicted molar refractivity (Wildman–Crippen MR) is 74.5 cm³/mol. The van der Waals surface area contributed by atoms with Crippen LogP contribution in [-0.2, 0) is 19.6 Å². The molecule has 2 aromatic rings. The van der Waals surface area contributed by atoms with Crippen LogP contribution in [0.3, 0.4) is 0 Å². The van der Waals surface area contributed by atoms with Gasteiger partial charge in [-0.05, 0) is 28.8 Å². The van der Waals surface area contributed by atoms with Crippen LogP contribution in [0, 0.1) is 11.6 Å². The molecule has 0 saturated heterocycles.